The molecule has 19 heavy (non-hydrogen) atoms. The van der Waals surface area contributed by atoms with Gasteiger partial charge >= 0.3 is 5.97 Å². The van der Waals surface area contributed by atoms with E-state index in [1.54, 1.807) is 6.92 Å². The summed E-state index contributed by atoms with van der Waals surface area (Å²) in [7, 11) is 0.0133. The van der Waals surface area contributed by atoms with Crippen molar-refractivity contribution in [1.82, 2.24) is 14.2 Å². The van der Waals surface area contributed by atoms with Gasteiger partial charge in [0, 0.05) is 25.8 Å². The third-order valence-electron chi connectivity index (χ3n) is 2.59. The second-order valence-corrected chi connectivity index (χ2v) is 6.12. The highest BCUT2D eigenvalue weighted by Crippen LogP contribution is 2.14. The smallest absolute Gasteiger partial charge is 0.352 e. The quantitative estimate of drug-likeness (QED) is 0.740. The minimum Gasteiger partial charge on any atom is -0.477 e. The van der Waals surface area contributed by atoms with E-state index in [4.69, 9.17) is 5.11 Å². The van der Waals surface area contributed by atoms with E-state index >= 15 is 0 Å². The Morgan fingerprint density at radius 3 is 2.53 bits per heavy atom. The van der Waals surface area contributed by atoms with Crippen molar-refractivity contribution in [2.45, 2.75) is 18.4 Å². The van der Waals surface area contributed by atoms with Crippen LogP contribution >= 0.6 is 0 Å². The largest absolute Gasteiger partial charge is 0.477 e. The van der Waals surface area contributed by atoms with Gasteiger partial charge in [-0.25, -0.2) is 17.9 Å². The van der Waals surface area contributed by atoms with Gasteiger partial charge in [-0.15, -0.1) is 0 Å². The zero-order valence-corrected chi connectivity index (χ0v) is 12.1. The molecular weight excluding hydrogens is 270 g/mol. The Bertz CT molecular complexity index is 548. The predicted molar refractivity (Wildman–Crippen MR) is 70.8 cm³/mol. The number of carboxylic acid groups (broad SMARTS) is 1. The van der Waals surface area contributed by atoms with Crippen molar-refractivity contribution in [2.24, 2.45) is 0 Å². The number of hydrogen-bond acceptors (Lipinski definition) is 4. The van der Waals surface area contributed by atoms with Gasteiger partial charge in [0.05, 0.1) is 0 Å². The maximum absolute atomic E-state index is 12.0. The van der Waals surface area contributed by atoms with Crippen LogP contribution in [0.25, 0.3) is 0 Å². The fourth-order valence-corrected chi connectivity index (χ4v) is 2.62. The first-order valence-electron chi connectivity index (χ1n) is 5.85. The predicted octanol–water partition coefficient (Wildman–Crippen LogP) is 0.0461. The summed E-state index contributed by atoms with van der Waals surface area (Å²) in [4.78, 5) is 12.8. The molecule has 0 unspecified atom stereocenters. The average Bonchev–Trinajstić information content (AvgIpc) is 2.72. The monoisotopic (exact) mass is 289 g/mol. The van der Waals surface area contributed by atoms with Crippen molar-refractivity contribution in [3.05, 3.63) is 18.0 Å². The Balaban J connectivity index is 2.92. The fraction of sp³-hybridized carbons (Fsp3) is 0.545. The van der Waals surface area contributed by atoms with Crippen molar-refractivity contribution in [3.8, 4) is 0 Å². The number of aromatic carboxylic acids is 1. The standard InChI is InChI=1S/C11H19N3O4S/c1-4-14-8-9(7-10(14)11(15)16)19(17,18)12-5-6-13(2)3/h7-8,12H,4-6H2,1-3H3,(H,15,16). The number of nitrogens with zero attached hydrogens (tertiary/aromatic N) is 2. The molecule has 0 bridgehead atoms. The molecule has 1 rings (SSSR count). The molecule has 0 saturated heterocycles. The first-order valence-corrected chi connectivity index (χ1v) is 7.34. The number of rotatable bonds is 7. The van der Waals surface area contributed by atoms with Crippen LogP contribution in [0.4, 0.5) is 0 Å². The highest BCUT2D eigenvalue weighted by molar-refractivity contribution is 7.89. The van der Waals surface area contributed by atoms with Crippen LogP contribution in [0.5, 0.6) is 0 Å². The molecule has 1 aromatic rings. The van der Waals surface area contributed by atoms with Crippen molar-refractivity contribution in [1.29, 1.82) is 0 Å². The van der Waals surface area contributed by atoms with Gasteiger partial charge in [-0.3, -0.25) is 0 Å². The molecule has 7 nitrogen and oxygen atoms in total. The molecule has 0 spiro atoms. The second-order valence-electron chi connectivity index (χ2n) is 4.35. The summed E-state index contributed by atoms with van der Waals surface area (Å²) in [6, 6.07) is 1.17. The van der Waals surface area contributed by atoms with Crippen LogP contribution in [0.1, 0.15) is 17.4 Å². The molecule has 1 aromatic heterocycles. The number of carbonyl (C=O) groups is 1. The van der Waals surface area contributed by atoms with Crippen molar-refractivity contribution in [3.63, 3.8) is 0 Å². The van der Waals surface area contributed by atoms with Gasteiger partial charge in [0.15, 0.2) is 0 Å². The van der Waals surface area contributed by atoms with Gasteiger partial charge in [-0.05, 0) is 27.1 Å². The number of sulfonamides is 1. The van der Waals surface area contributed by atoms with Crippen LogP contribution in [0.2, 0.25) is 0 Å². The second kappa shape index (κ2) is 6.18. The Morgan fingerprint density at radius 1 is 1.47 bits per heavy atom. The molecule has 108 valence electrons. The Morgan fingerprint density at radius 2 is 2.11 bits per heavy atom. The molecule has 1 heterocycles. The Kier molecular flexibility index (Phi) is 5.10. The van der Waals surface area contributed by atoms with Crippen molar-refractivity contribution in [2.75, 3.05) is 27.2 Å². The van der Waals surface area contributed by atoms with Crippen LogP contribution in [0.3, 0.4) is 0 Å². The third-order valence-corrected chi connectivity index (χ3v) is 4.02. The fourth-order valence-electron chi connectivity index (χ4n) is 1.56. The molecule has 2 N–H and O–H groups in total. The summed E-state index contributed by atoms with van der Waals surface area (Å²) >= 11 is 0. The van der Waals surface area contributed by atoms with Crippen LogP contribution in [0, 0.1) is 0 Å². The highest BCUT2D eigenvalue weighted by atomic mass is 32.2. The highest BCUT2D eigenvalue weighted by Gasteiger charge is 2.20. The van der Waals surface area contributed by atoms with Crippen LogP contribution < -0.4 is 4.72 Å². The molecule has 0 aromatic carbocycles. The molecular formula is C11H19N3O4S. The van der Waals surface area contributed by atoms with E-state index in [9.17, 15) is 13.2 Å². The lowest BCUT2D eigenvalue weighted by molar-refractivity contribution is 0.0685. The van der Waals surface area contributed by atoms with Gasteiger partial charge in [0.1, 0.15) is 10.6 Å². The van der Waals surface area contributed by atoms with Crippen molar-refractivity contribution < 1.29 is 18.3 Å². The number of nitrogens with one attached hydrogen (secondary N) is 1. The lowest BCUT2D eigenvalue weighted by Gasteiger charge is -2.10. The van der Waals surface area contributed by atoms with Gasteiger partial charge in [0.25, 0.3) is 0 Å². The van der Waals surface area contributed by atoms with E-state index in [1.165, 1.54) is 16.8 Å². The summed E-state index contributed by atoms with van der Waals surface area (Å²) in [5.74, 6) is -1.14. The van der Waals surface area contributed by atoms with E-state index < -0.39 is 16.0 Å². The minimum atomic E-state index is -3.66. The van der Waals surface area contributed by atoms with Gasteiger partial charge in [-0.1, -0.05) is 0 Å². The number of hydrogen-bond donors (Lipinski definition) is 2. The maximum atomic E-state index is 12.0. The summed E-state index contributed by atoms with van der Waals surface area (Å²) in [6.07, 6.45) is 1.33. The molecule has 0 aliphatic carbocycles. The molecule has 0 fully saturated rings. The lowest BCUT2D eigenvalue weighted by atomic mass is 10.4. The summed E-state index contributed by atoms with van der Waals surface area (Å²) < 4.78 is 27.8. The topological polar surface area (TPSA) is 91.6 Å². The molecule has 0 atom stereocenters. The van der Waals surface area contributed by atoms with Crippen molar-refractivity contribution >= 4 is 16.0 Å². The first kappa shape index (κ1) is 15.7. The third kappa shape index (κ3) is 4.05. The van der Waals surface area contributed by atoms with Crippen LogP contribution in [-0.4, -0.2) is 56.1 Å². The molecule has 0 radical (unpaired) electrons. The zero-order valence-electron chi connectivity index (χ0n) is 11.3. The number of likely N-dealkylation sites (N-methyl/N-ethyl adjacent to an activating group) is 1. The summed E-state index contributed by atoms with van der Waals surface area (Å²) in [6.45, 7) is 2.99. The SMILES string of the molecule is CCn1cc(S(=O)(=O)NCCN(C)C)cc1C(=O)O. The maximum Gasteiger partial charge on any atom is 0.352 e. The van der Waals surface area contributed by atoms with Gasteiger partial charge in [-0.2, -0.15) is 0 Å². The average molecular weight is 289 g/mol. The summed E-state index contributed by atoms with van der Waals surface area (Å²) in [5, 5.41) is 8.98. The van der Waals surface area contributed by atoms with Crippen LogP contribution in [0.15, 0.2) is 17.2 Å². The number of carboxylic acids is 1. The van der Waals surface area contributed by atoms with E-state index in [0.717, 1.165) is 0 Å². The van der Waals surface area contributed by atoms with E-state index in [2.05, 4.69) is 4.72 Å². The Hall–Kier alpha value is -1.38. The molecule has 0 aliphatic heterocycles. The summed E-state index contributed by atoms with van der Waals surface area (Å²) in [5.41, 5.74) is -0.0320. The molecule has 8 heteroatoms. The van der Waals surface area contributed by atoms with Gasteiger partial charge in [0.2, 0.25) is 10.0 Å². The van der Waals surface area contributed by atoms with E-state index in [1.807, 2.05) is 19.0 Å². The molecule has 0 amide bonds. The zero-order chi connectivity index (χ0) is 14.6. The Labute approximate surface area is 112 Å². The molecule has 0 saturated carbocycles. The number of aromatic nitrogens is 1. The van der Waals surface area contributed by atoms with Gasteiger partial charge < -0.3 is 14.6 Å². The number of aryl methyl sites for hydroxylation is 1. The first-order chi connectivity index (χ1) is 8.77. The lowest BCUT2D eigenvalue weighted by Crippen LogP contribution is -2.31. The normalized spacial score (nSPS) is 12.0. The molecule has 0 aliphatic rings. The van der Waals surface area contributed by atoms with Crippen LogP contribution in [-0.2, 0) is 16.6 Å². The van der Waals surface area contributed by atoms with E-state index in [-0.39, 0.29) is 17.1 Å². The minimum absolute atomic E-state index is 0.0227. The van der Waals surface area contributed by atoms with E-state index in [0.29, 0.717) is 13.1 Å².